The molecule has 1 atom stereocenters. The van der Waals surface area contributed by atoms with Crippen molar-refractivity contribution in [2.45, 2.75) is 44.7 Å². The predicted molar refractivity (Wildman–Crippen MR) is 76.4 cm³/mol. The predicted octanol–water partition coefficient (Wildman–Crippen LogP) is 0.329. The van der Waals surface area contributed by atoms with Gasteiger partial charge in [-0.2, -0.15) is 4.98 Å². The second kappa shape index (κ2) is 6.11. The highest BCUT2D eigenvalue weighted by molar-refractivity contribution is 5.81. The fraction of sp³-hybridized carbons (Fsp3) is 0.786. The summed E-state index contributed by atoms with van der Waals surface area (Å²) in [6.45, 7) is 5.69. The van der Waals surface area contributed by atoms with Crippen LogP contribution in [0.4, 0.5) is 0 Å². The van der Waals surface area contributed by atoms with Crippen molar-refractivity contribution in [3.63, 3.8) is 0 Å². The number of carbonyl (C=O) groups excluding carboxylic acids is 1. The van der Waals surface area contributed by atoms with Crippen molar-refractivity contribution in [1.82, 2.24) is 19.9 Å². The lowest BCUT2D eigenvalue weighted by molar-refractivity contribution is -0.132. The quantitative estimate of drug-likeness (QED) is 0.860. The lowest BCUT2D eigenvalue weighted by Crippen LogP contribution is -2.43. The number of nitrogens with two attached hydrogens (primary N) is 1. The first-order valence-corrected chi connectivity index (χ1v) is 7.72. The molecule has 2 aliphatic rings. The molecule has 1 saturated heterocycles. The summed E-state index contributed by atoms with van der Waals surface area (Å²) in [7, 11) is 0. The maximum absolute atomic E-state index is 11.9. The van der Waals surface area contributed by atoms with Crippen LogP contribution in [0.2, 0.25) is 0 Å². The standard InChI is InChI=1S/C14H23N5O2/c1-10(15)14(20)19-6-2-5-18(7-8-19)9-12-16-13(21-17-12)11-3-4-11/h10-11H,2-9,15H2,1H3/t10-/m1/s1. The van der Waals surface area contributed by atoms with Crippen LogP contribution in [0, 0.1) is 0 Å². The van der Waals surface area contributed by atoms with Gasteiger partial charge in [-0.15, -0.1) is 0 Å². The van der Waals surface area contributed by atoms with Crippen LogP contribution in [-0.2, 0) is 11.3 Å². The van der Waals surface area contributed by atoms with Gasteiger partial charge in [-0.1, -0.05) is 5.16 Å². The van der Waals surface area contributed by atoms with Crippen LogP contribution in [0.15, 0.2) is 4.52 Å². The molecule has 1 aliphatic carbocycles. The minimum Gasteiger partial charge on any atom is -0.340 e. The molecular weight excluding hydrogens is 270 g/mol. The Morgan fingerprint density at radius 1 is 1.38 bits per heavy atom. The molecule has 0 aromatic carbocycles. The van der Waals surface area contributed by atoms with E-state index in [0.29, 0.717) is 19.0 Å². The van der Waals surface area contributed by atoms with Crippen molar-refractivity contribution in [2.75, 3.05) is 26.2 Å². The monoisotopic (exact) mass is 293 g/mol. The summed E-state index contributed by atoms with van der Waals surface area (Å²) in [6, 6.07) is -0.421. The fourth-order valence-electron chi connectivity index (χ4n) is 2.67. The zero-order chi connectivity index (χ0) is 14.8. The summed E-state index contributed by atoms with van der Waals surface area (Å²) in [5.41, 5.74) is 5.68. The van der Waals surface area contributed by atoms with Gasteiger partial charge in [-0.25, -0.2) is 0 Å². The van der Waals surface area contributed by atoms with Gasteiger partial charge < -0.3 is 15.2 Å². The van der Waals surface area contributed by atoms with Crippen LogP contribution >= 0.6 is 0 Å². The Morgan fingerprint density at radius 3 is 2.90 bits per heavy atom. The molecule has 0 bridgehead atoms. The Bertz CT molecular complexity index is 497. The van der Waals surface area contributed by atoms with E-state index in [9.17, 15) is 4.79 Å². The highest BCUT2D eigenvalue weighted by atomic mass is 16.5. The van der Waals surface area contributed by atoms with Crippen molar-refractivity contribution in [3.8, 4) is 0 Å². The molecule has 1 amide bonds. The van der Waals surface area contributed by atoms with Gasteiger partial charge in [0.1, 0.15) is 0 Å². The van der Waals surface area contributed by atoms with Crippen LogP contribution in [0.3, 0.4) is 0 Å². The molecule has 2 heterocycles. The van der Waals surface area contributed by atoms with E-state index < -0.39 is 6.04 Å². The van der Waals surface area contributed by atoms with Gasteiger partial charge in [-0.05, 0) is 26.2 Å². The summed E-state index contributed by atoms with van der Waals surface area (Å²) < 4.78 is 5.28. The van der Waals surface area contributed by atoms with E-state index in [2.05, 4.69) is 15.0 Å². The summed E-state index contributed by atoms with van der Waals surface area (Å²) >= 11 is 0. The molecule has 1 aromatic heterocycles. The van der Waals surface area contributed by atoms with Crippen LogP contribution in [0.25, 0.3) is 0 Å². The van der Waals surface area contributed by atoms with Crippen LogP contribution < -0.4 is 5.73 Å². The maximum atomic E-state index is 11.9. The molecule has 0 spiro atoms. The number of carbonyl (C=O) groups is 1. The molecule has 116 valence electrons. The van der Waals surface area contributed by atoms with E-state index in [0.717, 1.165) is 37.8 Å². The Hall–Kier alpha value is -1.47. The first kappa shape index (κ1) is 14.5. The minimum absolute atomic E-state index is 0.0347. The molecule has 7 nitrogen and oxygen atoms in total. The highest BCUT2D eigenvalue weighted by Crippen LogP contribution is 2.38. The van der Waals surface area contributed by atoms with Crippen molar-refractivity contribution in [1.29, 1.82) is 0 Å². The molecule has 7 heteroatoms. The Balaban J connectivity index is 1.53. The first-order chi connectivity index (χ1) is 10.1. The molecule has 1 aliphatic heterocycles. The molecule has 21 heavy (non-hydrogen) atoms. The Morgan fingerprint density at radius 2 is 2.19 bits per heavy atom. The van der Waals surface area contributed by atoms with Crippen molar-refractivity contribution >= 4 is 5.91 Å². The number of hydrogen-bond acceptors (Lipinski definition) is 6. The Labute approximate surface area is 124 Å². The van der Waals surface area contributed by atoms with Gasteiger partial charge in [0.2, 0.25) is 11.8 Å². The molecule has 0 unspecified atom stereocenters. The molecular formula is C14H23N5O2. The number of aromatic nitrogens is 2. The zero-order valence-corrected chi connectivity index (χ0v) is 12.5. The number of hydrogen-bond donors (Lipinski definition) is 1. The van der Waals surface area contributed by atoms with E-state index in [1.807, 2.05) is 4.90 Å². The second-order valence-electron chi connectivity index (χ2n) is 6.07. The number of nitrogens with zero attached hydrogens (tertiary/aromatic N) is 4. The van der Waals surface area contributed by atoms with Gasteiger partial charge in [-0.3, -0.25) is 9.69 Å². The van der Waals surface area contributed by atoms with Gasteiger partial charge in [0, 0.05) is 32.1 Å². The third kappa shape index (κ3) is 3.59. The summed E-state index contributed by atoms with van der Waals surface area (Å²) in [4.78, 5) is 20.5. The third-order valence-corrected chi connectivity index (χ3v) is 4.07. The summed E-state index contributed by atoms with van der Waals surface area (Å²) in [5, 5.41) is 4.06. The van der Waals surface area contributed by atoms with Gasteiger partial charge in [0.25, 0.3) is 0 Å². The molecule has 2 fully saturated rings. The summed E-state index contributed by atoms with van der Waals surface area (Å²) in [5.74, 6) is 2.07. The van der Waals surface area contributed by atoms with E-state index in [1.165, 1.54) is 12.8 Å². The van der Waals surface area contributed by atoms with E-state index in [4.69, 9.17) is 10.3 Å². The van der Waals surface area contributed by atoms with E-state index in [1.54, 1.807) is 6.92 Å². The first-order valence-electron chi connectivity index (χ1n) is 7.72. The van der Waals surface area contributed by atoms with E-state index in [-0.39, 0.29) is 5.91 Å². The second-order valence-corrected chi connectivity index (χ2v) is 6.07. The van der Waals surface area contributed by atoms with Crippen molar-refractivity contribution < 1.29 is 9.32 Å². The minimum atomic E-state index is -0.421. The fourth-order valence-corrected chi connectivity index (χ4v) is 2.67. The van der Waals surface area contributed by atoms with Crippen molar-refractivity contribution in [3.05, 3.63) is 11.7 Å². The zero-order valence-electron chi connectivity index (χ0n) is 12.5. The normalized spacial score (nSPS) is 22.1. The van der Waals surface area contributed by atoms with Gasteiger partial charge in [0.15, 0.2) is 5.82 Å². The van der Waals surface area contributed by atoms with Gasteiger partial charge >= 0.3 is 0 Å². The molecule has 0 radical (unpaired) electrons. The number of rotatable bonds is 4. The van der Waals surface area contributed by atoms with Crippen LogP contribution in [0.5, 0.6) is 0 Å². The third-order valence-electron chi connectivity index (χ3n) is 4.07. The average Bonchev–Trinajstić information content (AvgIpc) is 3.24. The topological polar surface area (TPSA) is 88.5 Å². The van der Waals surface area contributed by atoms with Gasteiger partial charge in [0.05, 0.1) is 12.6 Å². The lowest BCUT2D eigenvalue weighted by Gasteiger charge is -2.22. The van der Waals surface area contributed by atoms with Crippen LogP contribution in [0.1, 0.15) is 43.8 Å². The maximum Gasteiger partial charge on any atom is 0.239 e. The SMILES string of the molecule is C[C@@H](N)C(=O)N1CCCN(Cc2noc(C3CC3)n2)CC1. The molecule has 1 aromatic rings. The summed E-state index contributed by atoms with van der Waals surface area (Å²) in [6.07, 6.45) is 3.28. The molecule has 1 saturated carbocycles. The number of amides is 1. The average molecular weight is 293 g/mol. The molecule has 2 N–H and O–H groups in total. The smallest absolute Gasteiger partial charge is 0.239 e. The lowest BCUT2D eigenvalue weighted by atomic mass is 10.3. The van der Waals surface area contributed by atoms with Crippen molar-refractivity contribution in [2.24, 2.45) is 5.73 Å². The van der Waals surface area contributed by atoms with E-state index >= 15 is 0 Å². The van der Waals surface area contributed by atoms with Crippen LogP contribution in [-0.4, -0.2) is 58.1 Å². The molecule has 3 rings (SSSR count). The Kier molecular flexibility index (Phi) is 4.21. The largest absolute Gasteiger partial charge is 0.340 e. The highest BCUT2D eigenvalue weighted by Gasteiger charge is 2.30.